The zero-order valence-corrected chi connectivity index (χ0v) is 8.66. The van der Waals surface area contributed by atoms with Crippen molar-refractivity contribution < 1.29 is 13.6 Å². The van der Waals surface area contributed by atoms with Crippen molar-refractivity contribution in [2.75, 3.05) is 5.32 Å². The standard InChI is InChI=1S/C12H10FNO2/c1-8-2-3-10(13)6-11(8)14-12(15)9-4-5-16-7-9/h2-7H,1H3,(H,14,15). The molecule has 0 unspecified atom stereocenters. The van der Waals surface area contributed by atoms with Gasteiger partial charge >= 0.3 is 0 Å². The molecule has 4 heteroatoms. The molecule has 0 fully saturated rings. The van der Waals surface area contributed by atoms with Crippen molar-refractivity contribution >= 4 is 11.6 Å². The van der Waals surface area contributed by atoms with Gasteiger partial charge in [0.1, 0.15) is 12.1 Å². The number of carbonyl (C=O) groups is 1. The fourth-order valence-corrected chi connectivity index (χ4v) is 1.32. The molecule has 0 aliphatic heterocycles. The van der Waals surface area contributed by atoms with Crippen LogP contribution in [0.25, 0.3) is 0 Å². The highest BCUT2D eigenvalue weighted by molar-refractivity contribution is 6.04. The van der Waals surface area contributed by atoms with Gasteiger partial charge in [-0.1, -0.05) is 6.07 Å². The van der Waals surface area contributed by atoms with Crippen LogP contribution in [0.1, 0.15) is 15.9 Å². The Morgan fingerprint density at radius 3 is 2.88 bits per heavy atom. The Bertz CT molecular complexity index is 506. The molecule has 0 saturated carbocycles. The van der Waals surface area contributed by atoms with Gasteiger partial charge in [-0.3, -0.25) is 4.79 Å². The predicted molar refractivity (Wildman–Crippen MR) is 57.8 cm³/mol. The molecule has 0 spiro atoms. The molecule has 0 aliphatic carbocycles. The normalized spacial score (nSPS) is 10.1. The highest BCUT2D eigenvalue weighted by Gasteiger charge is 2.09. The Balaban J connectivity index is 2.21. The lowest BCUT2D eigenvalue weighted by atomic mass is 10.2. The van der Waals surface area contributed by atoms with Crippen molar-refractivity contribution in [3.63, 3.8) is 0 Å². The summed E-state index contributed by atoms with van der Waals surface area (Å²) < 4.78 is 17.8. The van der Waals surface area contributed by atoms with Crippen LogP contribution in [0.4, 0.5) is 10.1 Å². The number of amides is 1. The minimum Gasteiger partial charge on any atom is -0.472 e. The third kappa shape index (κ3) is 2.11. The maximum Gasteiger partial charge on any atom is 0.258 e. The summed E-state index contributed by atoms with van der Waals surface area (Å²) in [4.78, 5) is 11.6. The maximum atomic E-state index is 13.0. The molecule has 0 aliphatic rings. The van der Waals surface area contributed by atoms with E-state index in [0.29, 0.717) is 11.3 Å². The first-order valence-corrected chi connectivity index (χ1v) is 4.76. The molecule has 1 aromatic heterocycles. The Morgan fingerprint density at radius 1 is 1.38 bits per heavy atom. The van der Waals surface area contributed by atoms with Crippen LogP contribution in [0.3, 0.4) is 0 Å². The number of carbonyl (C=O) groups excluding carboxylic acids is 1. The molecule has 3 nitrogen and oxygen atoms in total. The number of furan rings is 1. The van der Waals surface area contributed by atoms with Gasteiger partial charge in [0.2, 0.25) is 0 Å². The lowest BCUT2D eigenvalue weighted by Gasteiger charge is -2.06. The van der Waals surface area contributed by atoms with E-state index in [9.17, 15) is 9.18 Å². The molecule has 0 bridgehead atoms. The molecule has 0 radical (unpaired) electrons. The third-order valence-electron chi connectivity index (χ3n) is 2.23. The van der Waals surface area contributed by atoms with E-state index in [1.54, 1.807) is 19.1 Å². The van der Waals surface area contributed by atoms with Crippen LogP contribution in [-0.4, -0.2) is 5.91 Å². The van der Waals surface area contributed by atoms with Crippen molar-refractivity contribution in [1.82, 2.24) is 0 Å². The molecule has 1 N–H and O–H groups in total. The molecular weight excluding hydrogens is 209 g/mol. The predicted octanol–water partition coefficient (Wildman–Crippen LogP) is 2.98. The summed E-state index contributed by atoms with van der Waals surface area (Å²) in [5, 5.41) is 2.61. The van der Waals surface area contributed by atoms with Gasteiger partial charge in [-0.25, -0.2) is 4.39 Å². The third-order valence-corrected chi connectivity index (χ3v) is 2.23. The van der Waals surface area contributed by atoms with Crippen molar-refractivity contribution in [3.05, 3.63) is 53.7 Å². The number of rotatable bonds is 2. The van der Waals surface area contributed by atoms with Crippen LogP contribution in [0.15, 0.2) is 41.2 Å². The van der Waals surface area contributed by atoms with Crippen LogP contribution in [0.5, 0.6) is 0 Å². The molecule has 1 heterocycles. The largest absolute Gasteiger partial charge is 0.472 e. The summed E-state index contributed by atoms with van der Waals surface area (Å²) in [6.45, 7) is 1.80. The van der Waals surface area contributed by atoms with Crippen LogP contribution >= 0.6 is 0 Å². The van der Waals surface area contributed by atoms with Gasteiger partial charge in [-0.05, 0) is 30.7 Å². The molecular formula is C12H10FNO2. The summed E-state index contributed by atoms with van der Waals surface area (Å²) in [5.41, 5.74) is 1.67. The van der Waals surface area contributed by atoms with E-state index in [2.05, 4.69) is 5.32 Å². The number of anilines is 1. The average Bonchev–Trinajstić information content (AvgIpc) is 2.76. The molecule has 1 aromatic carbocycles. The van der Waals surface area contributed by atoms with E-state index in [0.717, 1.165) is 5.56 Å². The topological polar surface area (TPSA) is 42.2 Å². The Kier molecular flexibility index (Phi) is 2.72. The second-order valence-corrected chi connectivity index (χ2v) is 3.43. The average molecular weight is 219 g/mol. The first-order valence-electron chi connectivity index (χ1n) is 4.76. The highest BCUT2D eigenvalue weighted by atomic mass is 19.1. The van der Waals surface area contributed by atoms with Crippen molar-refractivity contribution in [3.8, 4) is 0 Å². The Labute approximate surface area is 91.9 Å². The molecule has 2 aromatic rings. The fraction of sp³-hybridized carbons (Fsp3) is 0.0833. The second kappa shape index (κ2) is 4.18. The van der Waals surface area contributed by atoms with Crippen LogP contribution in [0.2, 0.25) is 0 Å². The SMILES string of the molecule is Cc1ccc(F)cc1NC(=O)c1ccoc1. The first-order chi connectivity index (χ1) is 7.66. The van der Waals surface area contributed by atoms with E-state index in [4.69, 9.17) is 4.42 Å². The zero-order chi connectivity index (χ0) is 11.5. The monoisotopic (exact) mass is 219 g/mol. The molecule has 1 amide bonds. The van der Waals surface area contributed by atoms with E-state index < -0.39 is 0 Å². The number of hydrogen-bond acceptors (Lipinski definition) is 2. The number of aryl methyl sites for hydroxylation is 1. The van der Waals surface area contributed by atoms with Gasteiger partial charge in [0.25, 0.3) is 5.91 Å². The molecule has 16 heavy (non-hydrogen) atoms. The maximum absolute atomic E-state index is 13.0. The van der Waals surface area contributed by atoms with Crippen molar-refractivity contribution in [1.29, 1.82) is 0 Å². The Morgan fingerprint density at radius 2 is 2.19 bits per heavy atom. The van der Waals surface area contributed by atoms with Crippen molar-refractivity contribution in [2.45, 2.75) is 6.92 Å². The van der Waals surface area contributed by atoms with E-state index in [1.165, 1.54) is 24.7 Å². The first kappa shape index (κ1) is 10.4. The van der Waals surface area contributed by atoms with Gasteiger partial charge in [0.15, 0.2) is 0 Å². The molecule has 0 saturated heterocycles. The number of halogens is 1. The number of nitrogens with one attached hydrogen (secondary N) is 1. The smallest absolute Gasteiger partial charge is 0.258 e. The van der Waals surface area contributed by atoms with Gasteiger partial charge < -0.3 is 9.73 Å². The number of hydrogen-bond donors (Lipinski definition) is 1. The van der Waals surface area contributed by atoms with Gasteiger partial charge in [-0.15, -0.1) is 0 Å². The molecule has 2 rings (SSSR count). The van der Waals surface area contributed by atoms with E-state index >= 15 is 0 Å². The summed E-state index contributed by atoms with van der Waals surface area (Å²) >= 11 is 0. The summed E-state index contributed by atoms with van der Waals surface area (Å²) in [6, 6.07) is 5.79. The minimum atomic E-state index is -0.381. The van der Waals surface area contributed by atoms with E-state index in [1.807, 2.05) is 0 Å². The van der Waals surface area contributed by atoms with Gasteiger partial charge in [0.05, 0.1) is 11.8 Å². The molecule has 82 valence electrons. The van der Waals surface area contributed by atoms with Gasteiger partial charge in [-0.2, -0.15) is 0 Å². The van der Waals surface area contributed by atoms with Gasteiger partial charge in [0, 0.05) is 5.69 Å². The highest BCUT2D eigenvalue weighted by Crippen LogP contribution is 2.17. The lowest BCUT2D eigenvalue weighted by Crippen LogP contribution is -2.11. The van der Waals surface area contributed by atoms with Crippen LogP contribution in [-0.2, 0) is 0 Å². The summed E-state index contributed by atoms with van der Waals surface area (Å²) in [5.74, 6) is -0.699. The zero-order valence-electron chi connectivity index (χ0n) is 8.66. The molecule has 0 atom stereocenters. The minimum absolute atomic E-state index is 0.317. The summed E-state index contributed by atoms with van der Waals surface area (Å²) in [7, 11) is 0. The summed E-state index contributed by atoms with van der Waals surface area (Å²) in [6.07, 6.45) is 2.75. The fourth-order valence-electron chi connectivity index (χ4n) is 1.32. The van der Waals surface area contributed by atoms with Crippen LogP contribution < -0.4 is 5.32 Å². The lowest BCUT2D eigenvalue weighted by molar-refractivity contribution is 0.102. The number of benzene rings is 1. The second-order valence-electron chi connectivity index (χ2n) is 3.43. The van der Waals surface area contributed by atoms with Crippen LogP contribution in [0, 0.1) is 12.7 Å². The quantitative estimate of drug-likeness (QED) is 0.843. The van der Waals surface area contributed by atoms with E-state index in [-0.39, 0.29) is 11.7 Å². The Hall–Kier alpha value is -2.10. The van der Waals surface area contributed by atoms with Crippen molar-refractivity contribution in [2.24, 2.45) is 0 Å².